The van der Waals surface area contributed by atoms with E-state index in [1.54, 1.807) is 0 Å². The molecule has 1 aliphatic rings. The molecule has 0 spiro atoms. The van der Waals surface area contributed by atoms with Crippen molar-refractivity contribution in [2.45, 2.75) is 32.2 Å². The van der Waals surface area contributed by atoms with Crippen molar-refractivity contribution in [2.24, 2.45) is 0 Å². The van der Waals surface area contributed by atoms with Gasteiger partial charge in [-0.05, 0) is 30.4 Å². The van der Waals surface area contributed by atoms with Gasteiger partial charge in [-0.2, -0.15) is 0 Å². The molecule has 0 heterocycles. The standard InChI is InChI=1S/C14H19N/c1-3-11(2)10-15-14-8-12-6-4-5-7-13(12)9-14/h4-7,14-15H,2-3,8-10H2,1H3. The van der Waals surface area contributed by atoms with Crippen molar-refractivity contribution in [3.63, 3.8) is 0 Å². The first-order valence-electron chi connectivity index (χ1n) is 5.76. The minimum atomic E-state index is 0.616. The molecule has 0 bridgehead atoms. The highest BCUT2D eigenvalue weighted by molar-refractivity contribution is 5.33. The Morgan fingerprint density at radius 3 is 2.47 bits per heavy atom. The van der Waals surface area contributed by atoms with Crippen molar-refractivity contribution in [1.82, 2.24) is 5.32 Å². The molecule has 0 unspecified atom stereocenters. The van der Waals surface area contributed by atoms with E-state index in [0.29, 0.717) is 6.04 Å². The van der Waals surface area contributed by atoms with Crippen LogP contribution in [0.25, 0.3) is 0 Å². The van der Waals surface area contributed by atoms with Crippen molar-refractivity contribution >= 4 is 0 Å². The van der Waals surface area contributed by atoms with E-state index in [1.165, 1.54) is 29.5 Å². The number of rotatable bonds is 4. The number of benzene rings is 1. The molecule has 1 aliphatic carbocycles. The molecule has 0 atom stereocenters. The Balaban J connectivity index is 1.88. The molecule has 0 saturated heterocycles. The molecule has 1 aromatic carbocycles. The highest BCUT2D eigenvalue weighted by Crippen LogP contribution is 2.21. The van der Waals surface area contributed by atoms with Crippen LogP contribution in [-0.4, -0.2) is 12.6 Å². The molecule has 15 heavy (non-hydrogen) atoms. The minimum absolute atomic E-state index is 0.616. The van der Waals surface area contributed by atoms with Crippen LogP contribution < -0.4 is 5.32 Å². The molecule has 0 aromatic heterocycles. The quantitative estimate of drug-likeness (QED) is 0.739. The maximum atomic E-state index is 4.02. The lowest BCUT2D eigenvalue weighted by Crippen LogP contribution is -2.30. The van der Waals surface area contributed by atoms with Gasteiger partial charge in [0, 0.05) is 12.6 Å². The zero-order valence-electron chi connectivity index (χ0n) is 9.42. The van der Waals surface area contributed by atoms with Crippen LogP contribution in [0.5, 0.6) is 0 Å². The lowest BCUT2D eigenvalue weighted by Gasteiger charge is -2.12. The van der Waals surface area contributed by atoms with Crippen LogP contribution in [0.2, 0.25) is 0 Å². The lowest BCUT2D eigenvalue weighted by molar-refractivity contribution is 0.555. The first kappa shape index (κ1) is 10.4. The number of nitrogens with one attached hydrogen (secondary N) is 1. The summed E-state index contributed by atoms with van der Waals surface area (Å²) in [5, 5.41) is 3.58. The summed E-state index contributed by atoms with van der Waals surface area (Å²) in [6.45, 7) is 7.15. The zero-order valence-corrected chi connectivity index (χ0v) is 9.42. The molecule has 1 nitrogen and oxygen atoms in total. The normalized spacial score (nSPS) is 15.3. The maximum absolute atomic E-state index is 4.02. The van der Waals surface area contributed by atoms with Crippen LogP contribution in [-0.2, 0) is 12.8 Å². The molecule has 2 rings (SSSR count). The van der Waals surface area contributed by atoms with Crippen molar-refractivity contribution in [1.29, 1.82) is 0 Å². The summed E-state index contributed by atoms with van der Waals surface area (Å²) in [6.07, 6.45) is 3.42. The third-order valence-corrected chi connectivity index (χ3v) is 3.19. The fourth-order valence-corrected chi connectivity index (χ4v) is 2.12. The summed E-state index contributed by atoms with van der Waals surface area (Å²) in [6, 6.07) is 9.36. The summed E-state index contributed by atoms with van der Waals surface area (Å²) in [5.41, 5.74) is 4.32. The van der Waals surface area contributed by atoms with Crippen molar-refractivity contribution in [3.05, 3.63) is 47.5 Å². The Morgan fingerprint density at radius 2 is 1.93 bits per heavy atom. The first-order valence-corrected chi connectivity index (χ1v) is 5.76. The third kappa shape index (κ3) is 2.48. The Labute approximate surface area is 92.2 Å². The second kappa shape index (κ2) is 4.63. The predicted molar refractivity (Wildman–Crippen MR) is 65.1 cm³/mol. The van der Waals surface area contributed by atoms with Gasteiger partial charge < -0.3 is 5.32 Å². The second-order valence-corrected chi connectivity index (χ2v) is 4.36. The molecular formula is C14H19N. The number of hydrogen-bond acceptors (Lipinski definition) is 1. The molecule has 1 N–H and O–H groups in total. The van der Waals surface area contributed by atoms with E-state index in [9.17, 15) is 0 Å². The van der Waals surface area contributed by atoms with Gasteiger partial charge in [0.1, 0.15) is 0 Å². The van der Waals surface area contributed by atoms with E-state index in [1.807, 2.05) is 0 Å². The van der Waals surface area contributed by atoms with E-state index >= 15 is 0 Å². The molecule has 0 amide bonds. The highest BCUT2D eigenvalue weighted by atomic mass is 14.9. The third-order valence-electron chi connectivity index (χ3n) is 3.19. The van der Waals surface area contributed by atoms with Crippen LogP contribution in [0, 0.1) is 0 Å². The Hall–Kier alpha value is -1.08. The summed E-state index contributed by atoms with van der Waals surface area (Å²) in [5.74, 6) is 0. The molecule has 0 saturated carbocycles. The molecule has 1 heteroatoms. The van der Waals surface area contributed by atoms with Crippen molar-refractivity contribution < 1.29 is 0 Å². The summed E-state index contributed by atoms with van der Waals surface area (Å²) >= 11 is 0. The van der Waals surface area contributed by atoms with Gasteiger partial charge in [0.25, 0.3) is 0 Å². The largest absolute Gasteiger partial charge is 0.310 e. The zero-order chi connectivity index (χ0) is 10.7. The van der Waals surface area contributed by atoms with Gasteiger partial charge in [-0.3, -0.25) is 0 Å². The minimum Gasteiger partial charge on any atom is -0.310 e. The fourth-order valence-electron chi connectivity index (χ4n) is 2.12. The number of fused-ring (bicyclic) bond motifs is 1. The molecule has 0 fully saturated rings. The molecule has 0 radical (unpaired) electrons. The van der Waals surface area contributed by atoms with Crippen molar-refractivity contribution in [3.8, 4) is 0 Å². The van der Waals surface area contributed by atoms with E-state index in [2.05, 4.69) is 43.1 Å². The van der Waals surface area contributed by atoms with Crippen LogP contribution in [0.4, 0.5) is 0 Å². The van der Waals surface area contributed by atoms with Crippen molar-refractivity contribution in [2.75, 3.05) is 6.54 Å². The Bertz CT molecular complexity index is 329. The van der Waals surface area contributed by atoms with Gasteiger partial charge in [-0.1, -0.05) is 43.3 Å². The maximum Gasteiger partial charge on any atom is 0.0164 e. The molecule has 0 aliphatic heterocycles. The van der Waals surface area contributed by atoms with E-state index < -0.39 is 0 Å². The van der Waals surface area contributed by atoms with Gasteiger partial charge in [0.15, 0.2) is 0 Å². The molecular weight excluding hydrogens is 182 g/mol. The topological polar surface area (TPSA) is 12.0 Å². The second-order valence-electron chi connectivity index (χ2n) is 4.36. The van der Waals surface area contributed by atoms with Crippen LogP contribution in [0.1, 0.15) is 24.5 Å². The number of hydrogen-bond donors (Lipinski definition) is 1. The Kier molecular flexibility index (Phi) is 3.22. The molecule has 80 valence electrons. The van der Waals surface area contributed by atoms with Crippen LogP contribution in [0.3, 0.4) is 0 Å². The highest BCUT2D eigenvalue weighted by Gasteiger charge is 2.19. The molecule has 1 aromatic rings. The smallest absolute Gasteiger partial charge is 0.0164 e. The lowest BCUT2D eigenvalue weighted by atomic mass is 10.1. The SMILES string of the molecule is C=C(CC)CNC1Cc2ccccc2C1. The van der Waals surface area contributed by atoms with Gasteiger partial charge in [-0.25, -0.2) is 0 Å². The average molecular weight is 201 g/mol. The van der Waals surface area contributed by atoms with E-state index in [-0.39, 0.29) is 0 Å². The van der Waals surface area contributed by atoms with E-state index in [0.717, 1.165) is 13.0 Å². The van der Waals surface area contributed by atoms with Gasteiger partial charge in [-0.15, -0.1) is 0 Å². The van der Waals surface area contributed by atoms with Gasteiger partial charge in [0.2, 0.25) is 0 Å². The predicted octanol–water partition coefficient (Wildman–Crippen LogP) is 2.71. The summed E-state index contributed by atoms with van der Waals surface area (Å²) in [7, 11) is 0. The summed E-state index contributed by atoms with van der Waals surface area (Å²) in [4.78, 5) is 0. The van der Waals surface area contributed by atoms with E-state index in [4.69, 9.17) is 0 Å². The summed E-state index contributed by atoms with van der Waals surface area (Å²) < 4.78 is 0. The monoisotopic (exact) mass is 201 g/mol. The van der Waals surface area contributed by atoms with Crippen LogP contribution in [0.15, 0.2) is 36.4 Å². The Morgan fingerprint density at radius 1 is 1.33 bits per heavy atom. The van der Waals surface area contributed by atoms with Gasteiger partial charge in [0.05, 0.1) is 0 Å². The average Bonchev–Trinajstić information content (AvgIpc) is 2.68. The fraction of sp³-hybridized carbons (Fsp3) is 0.429. The first-order chi connectivity index (χ1) is 7.29. The van der Waals surface area contributed by atoms with Crippen LogP contribution >= 0.6 is 0 Å². The van der Waals surface area contributed by atoms with Gasteiger partial charge >= 0.3 is 0 Å².